The fourth-order valence-electron chi connectivity index (χ4n) is 5.10. The van der Waals surface area contributed by atoms with Crippen LogP contribution in [0, 0.1) is 0 Å². The third-order valence-corrected chi connectivity index (χ3v) is 7.08. The van der Waals surface area contributed by atoms with Crippen molar-refractivity contribution in [3.05, 3.63) is 101 Å². The molecule has 5 aromatic rings. The average molecular weight is 480 g/mol. The molecule has 0 unspecified atom stereocenters. The van der Waals surface area contributed by atoms with Crippen LogP contribution in [0.4, 0.5) is 5.69 Å². The second-order valence-corrected chi connectivity index (χ2v) is 9.31. The van der Waals surface area contributed by atoms with E-state index in [9.17, 15) is 4.79 Å². The highest BCUT2D eigenvalue weighted by Gasteiger charge is 2.18. The lowest BCUT2D eigenvalue weighted by Gasteiger charge is -2.35. The molecule has 7 heteroatoms. The van der Waals surface area contributed by atoms with Gasteiger partial charge in [0.2, 0.25) is 5.89 Å². The zero-order valence-electron chi connectivity index (χ0n) is 20.4. The lowest BCUT2D eigenvalue weighted by molar-refractivity contribution is 0.312. The third-order valence-electron chi connectivity index (χ3n) is 7.08. The first-order valence-electron chi connectivity index (χ1n) is 12.4. The Morgan fingerprint density at radius 2 is 1.58 bits per heavy atom. The monoisotopic (exact) mass is 479 g/mol. The van der Waals surface area contributed by atoms with Crippen LogP contribution in [0.25, 0.3) is 28.2 Å². The molecule has 0 saturated carbocycles. The number of piperazine rings is 1. The number of likely N-dealkylation sites (N-methyl/N-ethyl adjacent to an activating group) is 1. The summed E-state index contributed by atoms with van der Waals surface area (Å²) in [4.78, 5) is 22.8. The van der Waals surface area contributed by atoms with Gasteiger partial charge >= 0.3 is 5.69 Å². The number of rotatable bonds is 6. The van der Waals surface area contributed by atoms with Crippen LogP contribution in [-0.4, -0.2) is 52.2 Å². The van der Waals surface area contributed by atoms with Crippen molar-refractivity contribution in [2.75, 3.05) is 38.1 Å². The number of aryl methyl sites for hydroxylation is 2. The Balaban J connectivity index is 1.32. The smallest absolute Gasteiger partial charge is 0.333 e. The first-order valence-corrected chi connectivity index (χ1v) is 12.4. The van der Waals surface area contributed by atoms with Gasteiger partial charge in [0.1, 0.15) is 6.26 Å². The van der Waals surface area contributed by atoms with Crippen molar-refractivity contribution in [2.45, 2.75) is 13.0 Å². The molecular weight excluding hydrogens is 450 g/mol. The fraction of sp³-hybridized carbons (Fsp3) is 0.241. The van der Waals surface area contributed by atoms with Crippen LogP contribution in [0.1, 0.15) is 5.56 Å². The summed E-state index contributed by atoms with van der Waals surface area (Å²) in [7, 11) is 2.17. The molecule has 2 aromatic heterocycles. The topological polar surface area (TPSA) is 59.4 Å². The number of fused-ring (bicyclic) bond motifs is 1. The zero-order chi connectivity index (χ0) is 24.5. The molecule has 0 aliphatic carbocycles. The third kappa shape index (κ3) is 4.12. The van der Waals surface area contributed by atoms with Crippen LogP contribution in [0.2, 0.25) is 0 Å². The summed E-state index contributed by atoms with van der Waals surface area (Å²) in [5, 5.41) is 0. The van der Waals surface area contributed by atoms with E-state index in [1.807, 2.05) is 53.1 Å². The van der Waals surface area contributed by atoms with Gasteiger partial charge in [-0.05, 0) is 61.5 Å². The van der Waals surface area contributed by atoms with Crippen LogP contribution in [0.3, 0.4) is 0 Å². The van der Waals surface area contributed by atoms with Crippen LogP contribution in [0.15, 0.2) is 94.5 Å². The minimum atomic E-state index is -0.0304. The Morgan fingerprint density at radius 1 is 0.861 bits per heavy atom. The lowest BCUT2D eigenvalue weighted by atomic mass is 10.1. The first-order chi connectivity index (χ1) is 17.7. The molecule has 182 valence electrons. The van der Waals surface area contributed by atoms with Crippen molar-refractivity contribution < 1.29 is 4.42 Å². The van der Waals surface area contributed by atoms with Gasteiger partial charge in [-0.3, -0.25) is 9.13 Å². The molecule has 1 aliphatic heterocycles. The van der Waals surface area contributed by atoms with Crippen molar-refractivity contribution in [1.82, 2.24) is 19.0 Å². The number of nitrogens with zero attached hydrogens (tertiary/aromatic N) is 5. The van der Waals surface area contributed by atoms with Gasteiger partial charge in [-0.25, -0.2) is 9.78 Å². The number of para-hydroxylation sites is 3. The van der Waals surface area contributed by atoms with Gasteiger partial charge in [0, 0.05) is 44.0 Å². The molecule has 0 amide bonds. The maximum Gasteiger partial charge on any atom is 0.333 e. The van der Waals surface area contributed by atoms with Gasteiger partial charge < -0.3 is 14.2 Å². The Bertz CT molecular complexity index is 1520. The molecule has 36 heavy (non-hydrogen) atoms. The summed E-state index contributed by atoms with van der Waals surface area (Å²) >= 11 is 0. The number of imidazole rings is 1. The molecule has 0 atom stereocenters. The van der Waals surface area contributed by atoms with Gasteiger partial charge in [-0.2, -0.15) is 0 Å². The van der Waals surface area contributed by atoms with Crippen molar-refractivity contribution in [3.8, 4) is 17.1 Å². The molecule has 0 spiro atoms. The van der Waals surface area contributed by atoms with Crippen molar-refractivity contribution >= 4 is 16.7 Å². The van der Waals surface area contributed by atoms with Crippen molar-refractivity contribution in [3.63, 3.8) is 0 Å². The summed E-state index contributed by atoms with van der Waals surface area (Å²) in [6, 6.07) is 24.4. The SMILES string of the molecule is CN1CCN(c2ccccc2CCn2c(=O)n(-c3ccc(-c4ncco4)cc3)c3ccccc32)CC1. The predicted molar refractivity (Wildman–Crippen MR) is 143 cm³/mol. The maximum atomic E-state index is 13.7. The van der Waals surface area contributed by atoms with Gasteiger partial charge in [-0.15, -0.1) is 0 Å². The van der Waals surface area contributed by atoms with Gasteiger partial charge in [0.25, 0.3) is 0 Å². The highest BCUT2D eigenvalue weighted by molar-refractivity contribution is 5.78. The summed E-state index contributed by atoms with van der Waals surface area (Å²) in [6.45, 7) is 4.80. The van der Waals surface area contributed by atoms with Gasteiger partial charge in [0.05, 0.1) is 22.9 Å². The molecule has 0 radical (unpaired) electrons. The van der Waals surface area contributed by atoms with E-state index in [2.05, 4.69) is 46.1 Å². The molecule has 1 aliphatic rings. The summed E-state index contributed by atoms with van der Waals surface area (Å²) in [5.74, 6) is 0.565. The molecule has 1 saturated heterocycles. The number of hydrogen-bond acceptors (Lipinski definition) is 5. The van der Waals surface area contributed by atoms with E-state index in [0.717, 1.165) is 54.9 Å². The minimum Gasteiger partial charge on any atom is -0.445 e. The van der Waals surface area contributed by atoms with Crippen LogP contribution in [-0.2, 0) is 13.0 Å². The largest absolute Gasteiger partial charge is 0.445 e. The minimum absolute atomic E-state index is 0.0304. The highest BCUT2D eigenvalue weighted by Crippen LogP contribution is 2.25. The number of anilines is 1. The number of benzene rings is 3. The zero-order valence-corrected chi connectivity index (χ0v) is 20.4. The standard InChI is InChI=1S/C29H29N5O2/c1-31-17-19-32(20-18-31)25-7-3-2-6-22(25)14-16-33-26-8-4-5-9-27(26)34(29(33)35)24-12-10-23(11-13-24)28-30-15-21-36-28/h2-13,15,21H,14,16-20H2,1H3. The van der Waals surface area contributed by atoms with Crippen LogP contribution in [0.5, 0.6) is 0 Å². The molecule has 0 bridgehead atoms. The van der Waals surface area contributed by atoms with Crippen molar-refractivity contribution in [1.29, 1.82) is 0 Å². The number of hydrogen-bond donors (Lipinski definition) is 0. The van der Waals surface area contributed by atoms with Gasteiger partial charge in [0.15, 0.2) is 0 Å². The summed E-state index contributed by atoms with van der Waals surface area (Å²) < 4.78 is 9.10. The van der Waals surface area contributed by atoms with E-state index in [1.54, 1.807) is 17.0 Å². The van der Waals surface area contributed by atoms with E-state index >= 15 is 0 Å². The Kier molecular flexibility index (Phi) is 5.91. The maximum absolute atomic E-state index is 13.7. The molecule has 6 rings (SSSR count). The fourth-order valence-corrected chi connectivity index (χ4v) is 5.10. The summed E-state index contributed by atoms with van der Waals surface area (Å²) in [5.41, 5.74) is 6.07. The van der Waals surface area contributed by atoms with E-state index in [1.165, 1.54) is 11.3 Å². The quantitative estimate of drug-likeness (QED) is 0.360. The van der Waals surface area contributed by atoms with Crippen LogP contribution >= 0.6 is 0 Å². The van der Waals surface area contributed by atoms with E-state index in [-0.39, 0.29) is 5.69 Å². The molecule has 0 N–H and O–H groups in total. The Morgan fingerprint density at radius 3 is 2.33 bits per heavy atom. The molecule has 1 fully saturated rings. The average Bonchev–Trinajstić information content (AvgIpc) is 3.55. The second kappa shape index (κ2) is 9.51. The van der Waals surface area contributed by atoms with E-state index in [0.29, 0.717) is 12.4 Å². The normalized spacial score (nSPS) is 14.5. The van der Waals surface area contributed by atoms with Crippen molar-refractivity contribution in [2.24, 2.45) is 0 Å². The van der Waals surface area contributed by atoms with E-state index in [4.69, 9.17) is 4.42 Å². The number of aromatic nitrogens is 3. The molecule has 3 heterocycles. The van der Waals surface area contributed by atoms with Crippen LogP contribution < -0.4 is 10.6 Å². The Hall–Kier alpha value is -4.10. The predicted octanol–water partition coefficient (Wildman–Crippen LogP) is 4.44. The highest BCUT2D eigenvalue weighted by atomic mass is 16.3. The van der Waals surface area contributed by atoms with E-state index < -0.39 is 0 Å². The Labute approximate surface area is 209 Å². The lowest BCUT2D eigenvalue weighted by Crippen LogP contribution is -2.44. The molecule has 7 nitrogen and oxygen atoms in total. The number of oxazole rings is 1. The molecule has 3 aromatic carbocycles. The second-order valence-electron chi connectivity index (χ2n) is 9.31. The first kappa shape index (κ1) is 22.4. The summed E-state index contributed by atoms with van der Waals surface area (Å²) in [6.07, 6.45) is 3.98. The van der Waals surface area contributed by atoms with Gasteiger partial charge in [-0.1, -0.05) is 30.3 Å². The molecular formula is C29H29N5O2.